The maximum atomic E-state index is 7.75. The maximum Gasteiger partial charge on any atom is 0 e. The molecule has 0 aromatic carbocycles. The van der Waals surface area contributed by atoms with Crippen LogP contribution in [0.3, 0.4) is 0 Å². The summed E-state index contributed by atoms with van der Waals surface area (Å²) in [6, 6.07) is 0. The summed E-state index contributed by atoms with van der Waals surface area (Å²) in [4.78, 5) is 0. The molecular formula is BLiMnNiO. The molecule has 0 aliphatic rings. The van der Waals surface area contributed by atoms with Crippen LogP contribution >= 0.6 is 0 Å². The minimum Gasteiger partial charge on any atom is 0 e. The molecule has 0 N–H and O–H groups in total. The molecule has 27 valence electrons. The third kappa shape index (κ3) is 30.4. The van der Waals surface area contributed by atoms with Gasteiger partial charge in [0.25, 0.3) is 0 Å². The third-order valence-electron chi connectivity index (χ3n) is 0. The van der Waals surface area contributed by atoms with E-state index in [1.807, 2.05) is 0 Å². The van der Waals surface area contributed by atoms with E-state index in [1.165, 1.54) is 0 Å². The minimum atomic E-state index is 0. The third-order valence-corrected chi connectivity index (χ3v) is 0. The molecule has 0 saturated carbocycles. The van der Waals surface area contributed by atoms with Crippen molar-refractivity contribution < 1.29 is 38.3 Å². The van der Waals surface area contributed by atoms with Gasteiger partial charge in [0.15, 0.2) is 0 Å². The minimum absolute atomic E-state index is 0. The predicted octanol–water partition coefficient (Wildman–Crippen LogP) is -0.885. The van der Waals surface area contributed by atoms with Crippen LogP contribution in [0.1, 0.15) is 0 Å². The van der Waals surface area contributed by atoms with Crippen molar-refractivity contribution in [1.29, 1.82) is 0 Å². The van der Waals surface area contributed by atoms with Gasteiger partial charge in [0.1, 0.15) is 0 Å². The van der Waals surface area contributed by atoms with Gasteiger partial charge in [-0.25, -0.2) is 0 Å². The predicted molar refractivity (Wildman–Crippen MR) is 12.2 cm³/mol. The van der Waals surface area contributed by atoms with Crippen LogP contribution in [-0.2, 0) is 38.3 Å². The molecule has 0 aliphatic carbocycles. The summed E-state index contributed by atoms with van der Waals surface area (Å²) in [6.45, 7) is 0. The van der Waals surface area contributed by atoms with Gasteiger partial charge in [-0.15, -0.1) is 0 Å². The zero-order valence-electron chi connectivity index (χ0n) is 2.68. The van der Waals surface area contributed by atoms with Gasteiger partial charge in [-0.2, -0.15) is 0 Å². The second-order valence-electron chi connectivity index (χ2n) is 0. The monoisotopic (exact) mass is 147 g/mol. The fraction of sp³-hybridized carbons (Fsp3) is 0. The summed E-state index contributed by atoms with van der Waals surface area (Å²) in [5, 5.41) is 0. The quantitative estimate of drug-likeness (QED) is 0.407. The summed E-state index contributed by atoms with van der Waals surface area (Å²) >= 11 is 0. The van der Waals surface area contributed by atoms with Gasteiger partial charge in [0, 0.05) is 52.4 Å². The average Bonchev–Trinajstić information content (AvgIpc) is 1.00. The van der Waals surface area contributed by atoms with Crippen LogP contribution < -0.4 is 0 Å². The molecule has 5 heteroatoms. The normalized spacial score (nSPS) is 0.600. The van der Waals surface area contributed by atoms with E-state index >= 15 is 0 Å². The van der Waals surface area contributed by atoms with Crippen molar-refractivity contribution in [3.8, 4) is 0 Å². The largest absolute Gasteiger partial charge is 0 e. The molecule has 0 saturated heterocycles. The molecule has 3 radical (unpaired) electrons. The van der Waals surface area contributed by atoms with Crippen LogP contribution in [0.5, 0.6) is 0 Å². The molecule has 0 amide bonds. The summed E-state index contributed by atoms with van der Waals surface area (Å²) in [5.74, 6) is 0. The molecule has 0 aromatic rings. The number of hydrogen-bond acceptors (Lipinski definition) is 1. The Hall–Kier alpha value is 1.48. The molecule has 0 atom stereocenters. The van der Waals surface area contributed by atoms with Gasteiger partial charge in [-0.3, -0.25) is 0 Å². The van der Waals surface area contributed by atoms with Crippen molar-refractivity contribution in [3.05, 3.63) is 0 Å². The molecule has 0 spiro atoms. The van der Waals surface area contributed by atoms with Gasteiger partial charge >= 0.3 is 12.4 Å². The molecule has 0 aliphatic heterocycles. The Morgan fingerprint density at radius 3 is 1.20 bits per heavy atom. The second kappa shape index (κ2) is 50.4. The molecule has 0 heterocycles. The molecule has 5 heavy (non-hydrogen) atoms. The Morgan fingerprint density at radius 2 is 1.20 bits per heavy atom. The summed E-state index contributed by atoms with van der Waals surface area (Å²) in [6.07, 6.45) is 0. The fourth-order valence-electron chi connectivity index (χ4n) is 0. The first-order valence-corrected chi connectivity index (χ1v) is 0.236. The Balaban J connectivity index is -0.00000000167. The number of hydrogen-bond donors (Lipinski definition) is 0. The zero-order valence-corrected chi connectivity index (χ0v) is 4.85. The fourth-order valence-corrected chi connectivity index (χ4v) is 0. The van der Waals surface area contributed by atoms with E-state index in [0.29, 0.717) is 0 Å². The van der Waals surface area contributed by atoms with Gasteiger partial charge in [0.2, 0.25) is 0 Å². The van der Waals surface area contributed by atoms with Crippen molar-refractivity contribution >= 4 is 26.6 Å². The van der Waals surface area contributed by atoms with Crippen LogP contribution in [0, 0.1) is 0 Å². The second-order valence-corrected chi connectivity index (χ2v) is 0. The van der Waals surface area contributed by atoms with Gasteiger partial charge < -0.3 is 0 Å². The maximum absolute atomic E-state index is 7.75. The molecule has 1 nitrogen and oxygen atoms in total. The molecule has 0 rings (SSSR count). The van der Waals surface area contributed by atoms with Crippen molar-refractivity contribution in [2.45, 2.75) is 0 Å². The molecule has 0 fully saturated rings. The van der Waals surface area contributed by atoms with E-state index in [9.17, 15) is 0 Å². The summed E-state index contributed by atoms with van der Waals surface area (Å²) in [7, 11) is 3.25. The topological polar surface area (TPSA) is 17.1 Å². The Labute approximate surface area is 64.6 Å². The van der Waals surface area contributed by atoms with E-state index in [-0.39, 0.29) is 52.4 Å². The van der Waals surface area contributed by atoms with Crippen LogP contribution in [-0.4, -0.2) is 26.6 Å². The first kappa shape index (κ1) is 31.7. The first-order valence-electron chi connectivity index (χ1n) is 0.236. The van der Waals surface area contributed by atoms with Gasteiger partial charge in [0.05, 0.1) is 0 Å². The summed E-state index contributed by atoms with van der Waals surface area (Å²) in [5.41, 5.74) is 0. The van der Waals surface area contributed by atoms with Crippen molar-refractivity contribution in [2.24, 2.45) is 0 Å². The Morgan fingerprint density at radius 1 is 1.20 bits per heavy atom. The Bertz CT molecular complexity index is 11.6. The smallest absolute Gasteiger partial charge is 0 e. The Kier molecular flexibility index (Phi) is 319. The molecular weight excluding hydrogens is 147 g/mol. The van der Waals surface area contributed by atoms with Crippen LogP contribution in [0.25, 0.3) is 0 Å². The standard InChI is InChI=1S/BO.Li.Mn.Ni/c1-2;;;. The van der Waals surface area contributed by atoms with E-state index in [0.717, 1.165) is 0 Å². The van der Waals surface area contributed by atoms with Crippen LogP contribution in [0.4, 0.5) is 0 Å². The van der Waals surface area contributed by atoms with Gasteiger partial charge in [-0.05, 0) is 0 Å². The SMILES string of the molecule is [B]=O.[Li].[Mn].[Ni]. The van der Waals surface area contributed by atoms with Crippen LogP contribution in [0.2, 0.25) is 0 Å². The average molecular weight is 147 g/mol. The van der Waals surface area contributed by atoms with Crippen molar-refractivity contribution in [3.63, 3.8) is 0 Å². The van der Waals surface area contributed by atoms with E-state index in [2.05, 4.69) is 7.72 Å². The summed E-state index contributed by atoms with van der Waals surface area (Å²) < 4.78 is 7.75. The van der Waals surface area contributed by atoms with Crippen molar-refractivity contribution in [2.75, 3.05) is 0 Å². The molecule has 0 bridgehead atoms. The van der Waals surface area contributed by atoms with Crippen LogP contribution in [0.15, 0.2) is 0 Å². The molecule has 0 aromatic heterocycles. The molecule has 0 unspecified atom stereocenters. The van der Waals surface area contributed by atoms with Gasteiger partial charge in [-0.1, -0.05) is 0 Å². The zero-order chi connectivity index (χ0) is 2.00. The van der Waals surface area contributed by atoms with E-state index in [4.69, 9.17) is 4.70 Å². The van der Waals surface area contributed by atoms with E-state index in [1.54, 1.807) is 0 Å². The number of rotatable bonds is 0. The van der Waals surface area contributed by atoms with Crippen molar-refractivity contribution in [1.82, 2.24) is 0 Å². The van der Waals surface area contributed by atoms with E-state index < -0.39 is 0 Å². The first-order chi connectivity index (χ1) is 1.00.